The number of hydrogen-bond acceptors (Lipinski definition) is 7. The maximum absolute atomic E-state index is 13.5. The first-order valence-electron chi connectivity index (χ1n) is 9.23. The van der Waals surface area contributed by atoms with E-state index in [4.69, 9.17) is 18.9 Å². The summed E-state index contributed by atoms with van der Waals surface area (Å²) < 4.78 is 21.6. The van der Waals surface area contributed by atoms with Gasteiger partial charge in [-0.05, 0) is 30.5 Å². The van der Waals surface area contributed by atoms with Crippen LogP contribution in [-0.2, 0) is 22.4 Å². The van der Waals surface area contributed by atoms with Crippen molar-refractivity contribution in [2.45, 2.75) is 32.3 Å². The van der Waals surface area contributed by atoms with Crippen LogP contribution in [0.25, 0.3) is 0 Å². The van der Waals surface area contributed by atoms with E-state index in [1.807, 2.05) is 0 Å². The standard InChI is InChI=1S/C21H25NO6S/c1-11(23)22-21-18(14-7-6-13(25-2)10-17(14)29-21)19(24)12-8-15(26-3)20(28-5)16(9-12)27-4/h8-9,13H,6-7,10H2,1-5H3,(H,22,23). The van der Waals surface area contributed by atoms with Crippen molar-refractivity contribution < 1.29 is 28.5 Å². The van der Waals surface area contributed by atoms with Crippen LogP contribution in [0.3, 0.4) is 0 Å². The molecule has 156 valence electrons. The predicted octanol–water partition coefficient (Wildman–Crippen LogP) is 3.47. The van der Waals surface area contributed by atoms with E-state index in [1.165, 1.54) is 39.6 Å². The van der Waals surface area contributed by atoms with Crippen molar-refractivity contribution in [1.29, 1.82) is 0 Å². The zero-order valence-electron chi connectivity index (χ0n) is 17.2. The van der Waals surface area contributed by atoms with Gasteiger partial charge in [0.1, 0.15) is 5.00 Å². The SMILES string of the molecule is COc1cc(C(=O)c2c(NC(C)=O)sc3c2CCC(OC)C3)cc(OC)c1OC. The largest absolute Gasteiger partial charge is 0.493 e. The van der Waals surface area contributed by atoms with Gasteiger partial charge < -0.3 is 24.3 Å². The molecule has 1 unspecified atom stereocenters. The van der Waals surface area contributed by atoms with Gasteiger partial charge in [-0.25, -0.2) is 0 Å². The Bertz CT molecular complexity index is 910. The van der Waals surface area contributed by atoms with E-state index in [-0.39, 0.29) is 17.8 Å². The Hall–Kier alpha value is -2.58. The summed E-state index contributed by atoms with van der Waals surface area (Å²) in [5.74, 6) is 0.816. The third-order valence-corrected chi connectivity index (χ3v) is 6.17. The van der Waals surface area contributed by atoms with Crippen LogP contribution in [0.5, 0.6) is 17.2 Å². The number of ketones is 1. The third kappa shape index (κ3) is 4.09. The van der Waals surface area contributed by atoms with Crippen molar-refractivity contribution >= 4 is 28.0 Å². The zero-order chi connectivity index (χ0) is 21.1. The van der Waals surface area contributed by atoms with Gasteiger partial charge in [0.25, 0.3) is 0 Å². The lowest BCUT2D eigenvalue weighted by molar-refractivity contribution is -0.114. The lowest BCUT2D eigenvalue weighted by Crippen LogP contribution is -2.21. The molecular weight excluding hydrogens is 394 g/mol. The molecule has 0 saturated heterocycles. The lowest BCUT2D eigenvalue weighted by Gasteiger charge is -2.21. The third-order valence-electron chi connectivity index (χ3n) is 5.00. The number of fused-ring (bicyclic) bond motifs is 1. The number of ether oxygens (including phenoxy) is 4. The van der Waals surface area contributed by atoms with Crippen LogP contribution >= 0.6 is 11.3 Å². The second-order valence-electron chi connectivity index (χ2n) is 6.73. The smallest absolute Gasteiger partial charge is 0.221 e. The Balaban J connectivity index is 2.11. The maximum Gasteiger partial charge on any atom is 0.221 e. The van der Waals surface area contributed by atoms with Crippen molar-refractivity contribution in [2.75, 3.05) is 33.8 Å². The molecule has 0 spiro atoms. The maximum atomic E-state index is 13.5. The first kappa shape index (κ1) is 21.1. The molecule has 0 aliphatic heterocycles. The van der Waals surface area contributed by atoms with E-state index >= 15 is 0 Å². The molecule has 2 aromatic rings. The van der Waals surface area contributed by atoms with Crippen molar-refractivity contribution in [3.63, 3.8) is 0 Å². The predicted molar refractivity (Wildman–Crippen MR) is 111 cm³/mol. The molecule has 1 aliphatic carbocycles. The fourth-order valence-electron chi connectivity index (χ4n) is 3.60. The van der Waals surface area contributed by atoms with Gasteiger partial charge in [0.15, 0.2) is 17.3 Å². The van der Waals surface area contributed by atoms with Crippen LogP contribution in [0.4, 0.5) is 5.00 Å². The molecule has 1 N–H and O–H groups in total. The average molecular weight is 419 g/mol. The van der Waals surface area contributed by atoms with E-state index in [0.29, 0.717) is 33.4 Å². The number of benzene rings is 1. The highest BCUT2D eigenvalue weighted by atomic mass is 32.1. The molecule has 8 heteroatoms. The zero-order valence-corrected chi connectivity index (χ0v) is 18.0. The number of hydrogen-bond donors (Lipinski definition) is 1. The van der Waals surface area contributed by atoms with Gasteiger partial charge in [0.05, 0.1) is 33.0 Å². The van der Waals surface area contributed by atoms with Gasteiger partial charge in [-0.15, -0.1) is 11.3 Å². The van der Waals surface area contributed by atoms with Crippen molar-refractivity contribution in [1.82, 2.24) is 0 Å². The summed E-state index contributed by atoms with van der Waals surface area (Å²) in [6.45, 7) is 1.43. The summed E-state index contributed by atoms with van der Waals surface area (Å²) in [5.41, 5.74) is 1.91. The van der Waals surface area contributed by atoms with E-state index in [1.54, 1.807) is 19.2 Å². The second kappa shape index (κ2) is 8.84. The van der Waals surface area contributed by atoms with Crippen LogP contribution in [0.1, 0.15) is 39.7 Å². The van der Waals surface area contributed by atoms with Gasteiger partial charge in [-0.1, -0.05) is 0 Å². The summed E-state index contributed by atoms with van der Waals surface area (Å²) in [7, 11) is 6.22. The molecule has 0 radical (unpaired) electrons. The van der Waals surface area contributed by atoms with E-state index in [0.717, 1.165) is 29.7 Å². The molecule has 0 saturated carbocycles. The number of nitrogens with one attached hydrogen (secondary N) is 1. The molecule has 7 nitrogen and oxygen atoms in total. The summed E-state index contributed by atoms with van der Waals surface area (Å²) in [6.07, 6.45) is 2.39. The Kier molecular flexibility index (Phi) is 6.44. The molecule has 0 bridgehead atoms. The molecule has 1 aromatic carbocycles. The summed E-state index contributed by atoms with van der Waals surface area (Å²) in [4.78, 5) is 26.4. The van der Waals surface area contributed by atoms with Crippen molar-refractivity contribution in [3.05, 3.63) is 33.7 Å². The average Bonchev–Trinajstić information content (AvgIpc) is 3.07. The molecule has 1 aromatic heterocycles. The number of carbonyl (C=O) groups is 2. The number of amides is 1. The fourth-order valence-corrected chi connectivity index (χ4v) is 4.96. The summed E-state index contributed by atoms with van der Waals surface area (Å²) >= 11 is 1.44. The molecule has 0 fully saturated rings. The molecular formula is C21H25NO6S. The Labute approximate surface area is 173 Å². The summed E-state index contributed by atoms with van der Waals surface area (Å²) in [5, 5.41) is 3.39. The first-order valence-corrected chi connectivity index (χ1v) is 10.0. The lowest BCUT2D eigenvalue weighted by atomic mass is 9.90. The van der Waals surface area contributed by atoms with Crippen LogP contribution in [0.2, 0.25) is 0 Å². The van der Waals surface area contributed by atoms with E-state index in [9.17, 15) is 9.59 Å². The van der Waals surface area contributed by atoms with Gasteiger partial charge in [-0.2, -0.15) is 0 Å². The number of rotatable bonds is 7. The molecule has 3 rings (SSSR count). The minimum atomic E-state index is -0.217. The van der Waals surface area contributed by atoms with Crippen LogP contribution < -0.4 is 19.5 Å². The van der Waals surface area contributed by atoms with Crippen molar-refractivity contribution in [2.24, 2.45) is 0 Å². The monoisotopic (exact) mass is 419 g/mol. The van der Waals surface area contributed by atoms with Gasteiger partial charge in [0, 0.05) is 30.9 Å². The molecule has 29 heavy (non-hydrogen) atoms. The number of methoxy groups -OCH3 is 4. The van der Waals surface area contributed by atoms with Crippen molar-refractivity contribution in [3.8, 4) is 17.2 Å². The van der Waals surface area contributed by atoms with Gasteiger partial charge >= 0.3 is 0 Å². The number of thiophene rings is 1. The Morgan fingerprint density at radius 3 is 2.24 bits per heavy atom. The highest BCUT2D eigenvalue weighted by Gasteiger charge is 2.30. The molecule has 1 atom stereocenters. The molecule has 1 amide bonds. The molecule has 1 aliphatic rings. The minimum absolute atomic E-state index is 0.121. The van der Waals surface area contributed by atoms with E-state index < -0.39 is 0 Å². The minimum Gasteiger partial charge on any atom is -0.493 e. The summed E-state index contributed by atoms with van der Waals surface area (Å²) in [6, 6.07) is 3.26. The second-order valence-corrected chi connectivity index (χ2v) is 7.84. The molecule has 1 heterocycles. The van der Waals surface area contributed by atoms with Crippen LogP contribution in [-0.4, -0.2) is 46.2 Å². The Morgan fingerprint density at radius 2 is 1.72 bits per heavy atom. The van der Waals surface area contributed by atoms with E-state index in [2.05, 4.69) is 5.32 Å². The quantitative estimate of drug-likeness (QED) is 0.692. The number of anilines is 1. The first-order chi connectivity index (χ1) is 13.9. The van der Waals surface area contributed by atoms with Gasteiger partial charge in [0.2, 0.25) is 11.7 Å². The fraction of sp³-hybridized carbons (Fsp3) is 0.429. The van der Waals surface area contributed by atoms with Gasteiger partial charge in [-0.3, -0.25) is 9.59 Å². The topological polar surface area (TPSA) is 83.1 Å². The van der Waals surface area contributed by atoms with Crippen LogP contribution in [0.15, 0.2) is 12.1 Å². The number of carbonyl (C=O) groups excluding carboxylic acids is 2. The van der Waals surface area contributed by atoms with Crippen LogP contribution in [0, 0.1) is 0 Å². The Morgan fingerprint density at radius 1 is 1.07 bits per heavy atom. The highest BCUT2D eigenvalue weighted by molar-refractivity contribution is 7.17. The normalized spacial score (nSPS) is 15.4. The highest BCUT2D eigenvalue weighted by Crippen LogP contribution is 2.42.